The van der Waals surface area contributed by atoms with E-state index in [0.717, 1.165) is 38.0 Å². The maximum absolute atomic E-state index is 12.6. The average Bonchev–Trinajstić information content (AvgIpc) is 3.46. The molecule has 0 aromatic heterocycles. The molecule has 158 valence electrons. The number of carbonyl (C=O) groups is 2. The third kappa shape index (κ3) is 5.21. The van der Waals surface area contributed by atoms with Gasteiger partial charge in [-0.1, -0.05) is 24.3 Å². The first-order valence-electron chi connectivity index (χ1n) is 11.1. The van der Waals surface area contributed by atoms with Crippen LogP contribution in [0.1, 0.15) is 36.8 Å². The van der Waals surface area contributed by atoms with E-state index in [1.807, 2.05) is 14.7 Å². The molecule has 0 bridgehead atoms. The lowest BCUT2D eigenvalue weighted by molar-refractivity contribution is 0.124. The minimum absolute atomic E-state index is 0.0387. The van der Waals surface area contributed by atoms with Crippen molar-refractivity contribution in [2.45, 2.75) is 38.8 Å². The predicted octanol–water partition coefficient (Wildman–Crippen LogP) is 2.33. The number of likely N-dealkylation sites (tertiary alicyclic amines) is 2. The van der Waals surface area contributed by atoms with Crippen LogP contribution in [0.25, 0.3) is 0 Å². The summed E-state index contributed by atoms with van der Waals surface area (Å²) in [5, 5.41) is 3.05. The molecule has 0 aliphatic carbocycles. The Labute approximate surface area is 173 Å². The van der Waals surface area contributed by atoms with E-state index >= 15 is 0 Å². The van der Waals surface area contributed by atoms with E-state index in [2.05, 4.69) is 34.5 Å². The molecule has 3 aliphatic rings. The van der Waals surface area contributed by atoms with Crippen molar-refractivity contribution in [1.82, 2.24) is 24.9 Å². The van der Waals surface area contributed by atoms with E-state index in [4.69, 9.17) is 0 Å². The zero-order valence-electron chi connectivity index (χ0n) is 17.3. The molecule has 4 amide bonds. The molecule has 1 aromatic rings. The number of amides is 4. The van der Waals surface area contributed by atoms with Crippen LogP contribution in [0.5, 0.6) is 0 Å². The summed E-state index contributed by atoms with van der Waals surface area (Å²) in [6.07, 6.45) is 4.81. The molecule has 0 radical (unpaired) electrons. The van der Waals surface area contributed by atoms with Gasteiger partial charge in [0.1, 0.15) is 0 Å². The average molecular weight is 400 g/mol. The van der Waals surface area contributed by atoms with Crippen molar-refractivity contribution in [3.8, 4) is 0 Å². The van der Waals surface area contributed by atoms with Crippen LogP contribution in [0.4, 0.5) is 9.59 Å². The first-order chi connectivity index (χ1) is 14.2. The zero-order chi connectivity index (χ0) is 20.1. The summed E-state index contributed by atoms with van der Waals surface area (Å²) < 4.78 is 0. The normalized spacial score (nSPS) is 20.3. The SMILES string of the molecule is O=C(NCc1cccc(CN2CCCC2)c1)N1CCN(C(=O)N2CCCC2)CC1. The highest BCUT2D eigenvalue weighted by Crippen LogP contribution is 2.15. The Bertz CT molecular complexity index is 705. The van der Waals surface area contributed by atoms with Gasteiger partial charge in [0.25, 0.3) is 0 Å². The Morgan fingerprint density at radius 3 is 2.07 bits per heavy atom. The van der Waals surface area contributed by atoms with E-state index in [9.17, 15) is 9.59 Å². The molecule has 29 heavy (non-hydrogen) atoms. The van der Waals surface area contributed by atoms with Gasteiger partial charge in [0, 0.05) is 52.4 Å². The Kier molecular flexibility index (Phi) is 6.54. The summed E-state index contributed by atoms with van der Waals surface area (Å²) in [5.41, 5.74) is 2.45. The van der Waals surface area contributed by atoms with E-state index < -0.39 is 0 Å². The second kappa shape index (κ2) is 9.48. The molecule has 7 heteroatoms. The van der Waals surface area contributed by atoms with Gasteiger partial charge in [-0.2, -0.15) is 0 Å². The summed E-state index contributed by atoms with van der Waals surface area (Å²) in [6.45, 7) is 8.09. The van der Waals surface area contributed by atoms with Gasteiger partial charge in [0.15, 0.2) is 0 Å². The highest BCUT2D eigenvalue weighted by Gasteiger charge is 2.28. The van der Waals surface area contributed by atoms with Gasteiger partial charge in [-0.25, -0.2) is 9.59 Å². The fourth-order valence-electron chi connectivity index (χ4n) is 4.54. The summed E-state index contributed by atoms with van der Waals surface area (Å²) in [4.78, 5) is 33.2. The van der Waals surface area contributed by atoms with Crippen LogP contribution in [-0.2, 0) is 13.1 Å². The highest BCUT2D eigenvalue weighted by atomic mass is 16.2. The summed E-state index contributed by atoms with van der Waals surface area (Å²) in [7, 11) is 0. The number of urea groups is 2. The van der Waals surface area contributed by atoms with Crippen LogP contribution >= 0.6 is 0 Å². The molecule has 4 rings (SSSR count). The van der Waals surface area contributed by atoms with Crippen LogP contribution < -0.4 is 5.32 Å². The number of benzene rings is 1. The Balaban J connectivity index is 1.21. The number of rotatable bonds is 4. The number of hydrogen-bond acceptors (Lipinski definition) is 3. The molecule has 0 atom stereocenters. The summed E-state index contributed by atoms with van der Waals surface area (Å²) in [6, 6.07) is 8.61. The molecule has 7 nitrogen and oxygen atoms in total. The topological polar surface area (TPSA) is 59.1 Å². The van der Waals surface area contributed by atoms with Gasteiger partial charge in [-0.05, 0) is 49.9 Å². The molecule has 1 aromatic carbocycles. The molecule has 3 aliphatic heterocycles. The standard InChI is InChI=1S/C22H33N5O2/c28-21(25-12-14-27(15-13-25)22(29)26-10-3-4-11-26)23-17-19-6-5-7-20(16-19)18-24-8-1-2-9-24/h5-7,16H,1-4,8-15,17-18H2,(H,23,28). The van der Waals surface area contributed by atoms with Crippen molar-refractivity contribution in [2.75, 3.05) is 52.4 Å². The van der Waals surface area contributed by atoms with E-state index in [1.54, 1.807) is 0 Å². The van der Waals surface area contributed by atoms with Crippen molar-refractivity contribution in [3.63, 3.8) is 0 Å². The molecule has 3 heterocycles. The molecular formula is C22H33N5O2. The van der Waals surface area contributed by atoms with Crippen molar-refractivity contribution in [1.29, 1.82) is 0 Å². The van der Waals surface area contributed by atoms with Crippen molar-refractivity contribution in [3.05, 3.63) is 35.4 Å². The number of carbonyl (C=O) groups excluding carboxylic acids is 2. The minimum atomic E-state index is -0.0387. The second-order valence-corrected chi connectivity index (χ2v) is 8.41. The van der Waals surface area contributed by atoms with Crippen LogP contribution in [0, 0.1) is 0 Å². The Morgan fingerprint density at radius 2 is 1.34 bits per heavy atom. The number of nitrogens with zero attached hydrogens (tertiary/aromatic N) is 4. The maximum Gasteiger partial charge on any atom is 0.320 e. The number of hydrogen-bond donors (Lipinski definition) is 1. The first-order valence-corrected chi connectivity index (χ1v) is 11.1. The Hall–Kier alpha value is -2.28. The lowest BCUT2D eigenvalue weighted by Gasteiger charge is -2.36. The van der Waals surface area contributed by atoms with Gasteiger partial charge in [-0.15, -0.1) is 0 Å². The molecule has 1 N–H and O–H groups in total. The summed E-state index contributed by atoms with van der Waals surface area (Å²) >= 11 is 0. The molecular weight excluding hydrogens is 366 g/mol. The Morgan fingerprint density at radius 1 is 0.759 bits per heavy atom. The second-order valence-electron chi connectivity index (χ2n) is 8.41. The lowest BCUT2D eigenvalue weighted by atomic mass is 10.1. The van der Waals surface area contributed by atoms with Gasteiger partial charge in [0.05, 0.1) is 0 Å². The fraction of sp³-hybridized carbons (Fsp3) is 0.636. The highest BCUT2D eigenvalue weighted by molar-refractivity contribution is 5.76. The monoisotopic (exact) mass is 399 g/mol. The van der Waals surface area contributed by atoms with E-state index in [-0.39, 0.29) is 12.1 Å². The zero-order valence-corrected chi connectivity index (χ0v) is 17.3. The van der Waals surface area contributed by atoms with E-state index in [1.165, 1.54) is 31.5 Å². The molecule has 0 unspecified atom stereocenters. The van der Waals surface area contributed by atoms with Crippen LogP contribution in [0.15, 0.2) is 24.3 Å². The van der Waals surface area contributed by atoms with Crippen molar-refractivity contribution in [2.24, 2.45) is 0 Å². The van der Waals surface area contributed by atoms with Gasteiger partial charge in [0.2, 0.25) is 0 Å². The van der Waals surface area contributed by atoms with Crippen LogP contribution in [-0.4, -0.2) is 84.0 Å². The smallest absolute Gasteiger partial charge is 0.320 e. The number of nitrogens with one attached hydrogen (secondary N) is 1. The summed E-state index contributed by atoms with van der Waals surface area (Å²) in [5.74, 6) is 0. The first kappa shape index (κ1) is 20.0. The number of piperazine rings is 1. The third-order valence-electron chi connectivity index (χ3n) is 6.25. The van der Waals surface area contributed by atoms with Crippen molar-refractivity contribution < 1.29 is 9.59 Å². The molecule has 3 fully saturated rings. The van der Waals surface area contributed by atoms with Gasteiger partial charge >= 0.3 is 12.1 Å². The van der Waals surface area contributed by atoms with Gasteiger partial charge < -0.3 is 20.0 Å². The molecule has 3 saturated heterocycles. The van der Waals surface area contributed by atoms with Crippen LogP contribution in [0.2, 0.25) is 0 Å². The van der Waals surface area contributed by atoms with Crippen molar-refractivity contribution >= 4 is 12.1 Å². The molecule has 0 spiro atoms. The quantitative estimate of drug-likeness (QED) is 0.845. The van der Waals surface area contributed by atoms with Gasteiger partial charge in [-0.3, -0.25) is 4.90 Å². The minimum Gasteiger partial charge on any atom is -0.334 e. The maximum atomic E-state index is 12.6. The van der Waals surface area contributed by atoms with E-state index in [0.29, 0.717) is 32.7 Å². The predicted molar refractivity (Wildman–Crippen MR) is 113 cm³/mol. The lowest BCUT2D eigenvalue weighted by Crippen LogP contribution is -2.55. The third-order valence-corrected chi connectivity index (χ3v) is 6.25. The largest absolute Gasteiger partial charge is 0.334 e. The molecule has 0 saturated carbocycles. The fourth-order valence-corrected chi connectivity index (χ4v) is 4.54. The van der Waals surface area contributed by atoms with Crippen LogP contribution in [0.3, 0.4) is 0 Å².